The van der Waals surface area contributed by atoms with Gasteiger partial charge in [-0.05, 0) is 24.6 Å². The Balaban J connectivity index is 2.14. The Morgan fingerprint density at radius 2 is 2.17 bits per heavy atom. The Morgan fingerprint density at radius 1 is 1.39 bits per heavy atom. The van der Waals surface area contributed by atoms with Gasteiger partial charge in [0.1, 0.15) is 17.5 Å². The molecule has 0 fully saturated rings. The minimum Gasteiger partial charge on any atom is -0.497 e. The Hall–Kier alpha value is -2.83. The standard InChI is InChI=1S/C16H19N3O4/c1-3-5-12(16(21)22)17-15(20)14-9-13(18-19-14)10-6-4-7-11(8-10)23-2/h4,6-9,12H,3,5H2,1-2H3,(H,17,20)(H,18,19)(H,21,22)/t12-/m0/s1. The Labute approximate surface area is 133 Å². The summed E-state index contributed by atoms with van der Waals surface area (Å²) in [5.41, 5.74) is 1.59. The third-order valence-corrected chi connectivity index (χ3v) is 3.37. The number of ether oxygens (including phenoxy) is 1. The molecular weight excluding hydrogens is 298 g/mol. The Bertz CT molecular complexity index is 696. The van der Waals surface area contributed by atoms with Crippen LogP contribution in [0.3, 0.4) is 0 Å². The minimum atomic E-state index is -1.05. The van der Waals surface area contributed by atoms with Gasteiger partial charge in [0.25, 0.3) is 5.91 Å². The lowest BCUT2D eigenvalue weighted by Gasteiger charge is -2.12. The van der Waals surface area contributed by atoms with Crippen molar-refractivity contribution in [2.45, 2.75) is 25.8 Å². The molecule has 1 aromatic carbocycles. The number of amides is 1. The number of nitrogens with zero attached hydrogens (tertiary/aromatic N) is 1. The SMILES string of the molecule is CCC[C@H](NC(=O)c1cc(-c2cccc(OC)c2)n[nH]1)C(=O)O. The van der Waals surface area contributed by atoms with Gasteiger partial charge in [-0.1, -0.05) is 25.5 Å². The number of aromatic nitrogens is 2. The molecule has 1 amide bonds. The first-order valence-corrected chi connectivity index (χ1v) is 7.28. The summed E-state index contributed by atoms with van der Waals surface area (Å²) in [7, 11) is 1.57. The number of rotatable bonds is 7. The molecule has 2 rings (SSSR count). The number of benzene rings is 1. The van der Waals surface area contributed by atoms with Crippen molar-refractivity contribution in [2.24, 2.45) is 0 Å². The molecule has 7 nitrogen and oxygen atoms in total. The van der Waals surface area contributed by atoms with Crippen molar-refractivity contribution in [2.75, 3.05) is 7.11 Å². The number of aliphatic carboxylic acids is 1. The van der Waals surface area contributed by atoms with Crippen LogP contribution in [0.25, 0.3) is 11.3 Å². The van der Waals surface area contributed by atoms with Gasteiger partial charge in [-0.2, -0.15) is 5.10 Å². The largest absolute Gasteiger partial charge is 0.497 e. The van der Waals surface area contributed by atoms with Gasteiger partial charge in [0.15, 0.2) is 0 Å². The monoisotopic (exact) mass is 317 g/mol. The van der Waals surface area contributed by atoms with Gasteiger partial charge in [-0.15, -0.1) is 0 Å². The van der Waals surface area contributed by atoms with Crippen LogP contribution in [0.5, 0.6) is 5.75 Å². The molecule has 0 spiro atoms. The van der Waals surface area contributed by atoms with E-state index < -0.39 is 17.9 Å². The second-order valence-corrected chi connectivity index (χ2v) is 5.05. The van der Waals surface area contributed by atoms with Crippen LogP contribution >= 0.6 is 0 Å². The highest BCUT2D eigenvalue weighted by Crippen LogP contribution is 2.22. The van der Waals surface area contributed by atoms with E-state index in [1.54, 1.807) is 19.2 Å². The number of carboxylic acid groups (broad SMARTS) is 1. The number of methoxy groups -OCH3 is 1. The zero-order valence-electron chi connectivity index (χ0n) is 13.0. The van der Waals surface area contributed by atoms with Crippen molar-refractivity contribution in [1.29, 1.82) is 0 Å². The van der Waals surface area contributed by atoms with Crippen molar-refractivity contribution in [3.05, 3.63) is 36.0 Å². The van der Waals surface area contributed by atoms with E-state index in [4.69, 9.17) is 9.84 Å². The molecule has 23 heavy (non-hydrogen) atoms. The van der Waals surface area contributed by atoms with Crippen LogP contribution in [0, 0.1) is 0 Å². The number of H-pyrrole nitrogens is 1. The fourth-order valence-corrected chi connectivity index (χ4v) is 2.15. The molecule has 0 aliphatic heterocycles. The van der Waals surface area contributed by atoms with Crippen molar-refractivity contribution in [3.8, 4) is 17.0 Å². The summed E-state index contributed by atoms with van der Waals surface area (Å²) in [4.78, 5) is 23.2. The Kier molecular flexibility index (Phi) is 5.35. The van der Waals surface area contributed by atoms with Crippen molar-refractivity contribution in [3.63, 3.8) is 0 Å². The van der Waals surface area contributed by atoms with E-state index in [1.165, 1.54) is 0 Å². The van der Waals surface area contributed by atoms with E-state index in [-0.39, 0.29) is 5.69 Å². The lowest BCUT2D eigenvalue weighted by atomic mass is 10.1. The maximum absolute atomic E-state index is 12.1. The maximum atomic E-state index is 12.1. The second kappa shape index (κ2) is 7.44. The molecular formula is C16H19N3O4. The molecule has 1 heterocycles. The first kappa shape index (κ1) is 16.5. The number of hydrogen-bond acceptors (Lipinski definition) is 4. The van der Waals surface area contributed by atoms with E-state index in [0.717, 1.165) is 5.56 Å². The minimum absolute atomic E-state index is 0.213. The van der Waals surface area contributed by atoms with Crippen LogP contribution in [0.4, 0.5) is 0 Å². The van der Waals surface area contributed by atoms with E-state index >= 15 is 0 Å². The van der Waals surface area contributed by atoms with E-state index in [9.17, 15) is 9.59 Å². The number of carbonyl (C=O) groups is 2. The van der Waals surface area contributed by atoms with E-state index in [2.05, 4.69) is 15.5 Å². The van der Waals surface area contributed by atoms with Gasteiger partial charge in [-0.25, -0.2) is 4.79 Å². The van der Waals surface area contributed by atoms with Gasteiger partial charge < -0.3 is 15.2 Å². The van der Waals surface area contributed by atoms with Crippen LogP contribution in [0.1, 0.15) is 30.3 Å². The van der Waals surface area contributed by atoms with Gasteiger partial charge in [-0.3, -0.25) is 9.89 Å². The van der Waals surface area contributed by atoms with Gasteiger partial charge in [0.2, 0.25) is 0 Å². The van der Waals surface area contributed by atoms with Crippen LogP contribution in [0.15, 0.2) is 30.3 Å². The summed E-state index contributed by atoms with van der Waals surface area (Å²) >= 11 is 0. The third kappa shape index (κ3) is 4.09. The molecule has 7 heteroatoms. The molecule has 0 aliphatic carbocycles. The number of carboxylic acids is 1. The topological polar surface area (TPSA) is 104 Å². The summed E-state index contributed by atoms with van der Waals surface area (Å²) in [6.07, 6.45) is 1.03. The molecule has 0 saturated heterocycles. The summed E-state index contributed by atoms with van der Waals surface area (Å²) in [6, 6.07) is 7.95. The quantitative estimate of drug-likeness (QED) is 0.725. The van der Waals surface area contributed by atoms with Gasteiger partial charge in [0.05, 0.1) is 12.8 Å². The highest BCUT2D eigenvalue weighted by Gasteiger charge is 2.21. The van der Waals surface area contributed by atoms with Gasteiger partial charge >= 0.3 is 5.97 Å². The number of aromatic amines is 1. The number of hydrogen-bond donors (Lipinski definition) is 3. The van der Waals surface area contributed by atoms with Gasteiger partial charge in [0, 0.05) is 5.56 Å². The predicted octanol–water partition coefficient (Wildman–Crippen LogP) is 2.07. The van der Waals surface area contributed by atoms with Crippen molar-refractivity contribution >= 4 is 11.9 Å². The van der Waals surface area contributed by atoms with Crippen molar-refractivity contribution < 1.29 is 19.4 Å². The summed E-state index contributed by atoms with van der Waals surface area (Å²) in [6.45, 7) is 1.86. The Morgan fingerprint density at radius 3 is 2.83 bits per heavy atom. The number of carbonyl (C=O) groups excluding carboxylic acids is 1. The molecule has 3 N–H and O–H groups in total. The van der Waals surface area contributed by atoms with Crippen LogP contribution < -0.4 is 10.1 Å². The fourth-order valence-electron chi connectivity index (χ4n) is 2.15. The highest BCUT2D eigenvalue weighted by molar-refractivity contribution is 5.95. The zero-order chi connectivity index (χ0) is 16.8. The van der Waals surface area contributed by atoms with E-state index in [0.29, 0.717) is 24.3 Å². The molecule has 122 valence electrons. The average Bonchev–Trinajstić information content (AvgIpc) is 3.04. The highest BCUT2D eigenvalue weighted by atomic mass is 16.5. The molecule has 0 saturated carbocycles. The van der Waals surface area contributed by atoms with Crippen LogP contribution in [0.2, 0.25) is 0 Å². The molecule has 0 unspecified atom stereocenters. The maximum Gasteiger partial charge on any atom is 0.326 e. The summed E-state index contributed by atoms with van der Waals surface area (Å²) in [5, 5.41) is 18.3. The lowest BCUT2D eigenvalue weighted by molar-refractivity contribution is -0.139. The van der Waals surface area contributed by atoms with E-state index in [1.807, 2.05) is 25.1 Å². The predicted molar refractivity (Wildman–Crippen MR) is 84.4 cm³/mol. The molecule has 1 aromatic heterocycles. The first-order valence-electron chi connectivity index (χ1n) is 7.28. The molecule has 2 aromatic rings. The zero-order valence-corrected chi connectivity index (χ0v) is 13.0. The van der Waals surface area contributed by atoms with Crippen molar-refractivity contribution in [1.82, 2.24) is 15.5 Å². The summed E-state index contributed by atoms with van der Waals surface area (Å²) < 4.78 is 5.15. The normalized spacial score (nSPS) is 11.7. The third-order valence-electron chi connectivity index (χ3n) is 3.37. The molecule has 0 bridgehead atoms. The molecule has 0 radical (unpaired) electrons. The molecule has 1 atom stereocenters. The first-order chi connectivity index (χ1) is 11.0. The number of nitrogens with one attached hydrogen (secondary N) is 2. The average molecular weight is 317 g/mol. The van der Waals surface area contributed by atoms with Crippen LogP contribution in [-0.4, -0.2) is 40.3 Å². The van der Waals surface area contributed by atoms with Crippen LogP contribution in [-0.2, 0) is 4.79 Å². The summed E-state index contributed by atoms with van der Waals surface area (Å²) in [5.74, 6) is -0.856. The lowest BCUT2D eigenvalue weighted by Crippen LogP contribution is -2.40. The smallest absolute Gasteiger partial charge is 0.326 e. The second-order valence-electron chi connectivity index (χ2n) is 5.05. The fraction of sp³-hybridized carbons (Fsp3) is 0.312. The molecule has 0 aliphatic rings.